The Kier molecular flexibility index (Phi) is 4.51. The van der Waals surface area contributed by atoms with E-state index in [0.29, 0.717) is 11.1 Å². The zero-order chi connectivity index (χ0) is 16.3. The molecule has 3 nitrogen and oxygen atoms in total. The van der Waals surface area contributed by atoms with E-state index < -0.39 is 23.8 Å². The molecule has 0 spiro atoms. The fraction of sp³-hybridized carbons (Fsp3) is 0.188. The van der Waals surface area contributed by atoms with E-state index in [1.54, 1.807) is 18.2 Å². The number of hydrogen-bond donors (Lipinski definition) is 2. The molecule has 0 aromatic heterocycles. The maximum Gasteiger partial charge on any atom is 0.417 e. The smallest absolute Gasteiger partial charge is 0.417 e. The van der Waals surface area contributed by atoms with Crippen LogP contribution in [0.5, 0.6) is 0 Å². The maximum absolute atomic E-state index is 13.1. The Labute approximate surface area is 125 Å². The van der Waals surface area contributed by atoms with E-state index in [1.807, 2.05) is 0 Å². The van der Waals surface area contributed by atoms with Gasteiger partial charge in [0.15, 0.2) is 0 Å². The number of rotatable bonds is 4. The summed E-state index contributed by atoms with van der Waals surface area (Å²) in [5.74, 6) is -1.06. The van der Waals surface area contributed by atoms with Crippen molar-refractivity contribution >= 4 is 5.97 Å². The molecular weight excluding hydrogens is 295 g/mol. The number of aliphatic carboxylic acids is 1. The average Bonchev–Trinajstić information content (AvgIpc) is 2.46. The van der Waals surface area contributed by atoms with Crippen LogP contribution in [0.25, 0.3) is 11.1 Å². The van der Waals surface area contributed by atoms with E-state index in [9.17, 15) is 18.0 Å². The largest absolute Gasteiger partial charge is 0.481 e. The Morgan fingerprint density at radius 2 is 1.82 bits per heavy atom. The molecule has 0 heterocycles. The van der Waals surface area contributed by atoms with E-state index >= 15 is 0 Å². The molecule has 6 heteroatoms. The molecule has 116 valence electrons. The van der Waals surface area contributed by atoms with Crippen LogP contribution in [0.4, 0.5) is 13.2 Å². The first-order valence-corrected chi connectivity index (χ1v) is 6.53. The summed E-state index contributed by atoms with van der Waals surface area (Å²) in [5, 5.41) is 8.75. The molecule has 3 N–H and O–H groups in total. The molecular formula is C16H14F3NO2. The molecule has 0 aliphatic rings. The minimum absolute atomic E-state index is 0.0411. The summed E-state index contributed by atoms with van der Waals surface area (Å²) in [5.41, 5.74) is 5.90. The summed E-state index contributed by atoms with van der Waals surface area (Å²) in [4.78, 5) is 10.7. The first kappa shape index (κ1) is 16.0. The number of alkyl halides is 3. The van der Waals surface area contributed by atoms with Crippen LogP contribution in [0.2, 0.25) is 0 Å². The van der Waals surface area contributed by atoms with Crippen LogP contribution in [0, 0.1) is 0 Å². The molecule has 0 radical (unpaired) electrons. The van der Waals surface area contributed by atoms with E-state index in [-0.39, 0.29) is 12.0 Å². The summed E-state index contributed by atoms with van der Waals surface area (Å²) in [6.45, 7) is 0. The third-order valence-electron chi connectivity index (χ3n) is 3.25. The van der Waals surface area contributed by atoms with Gasteiger partial charge < -0.3 is 10.8 Å². The second-order valence-corrected chi connectivity index (χ2v) is 4.87. The SMILES string of the molecule is NC(CC(=O)O)c1cccc(-c2ccccc2C(F)(F)F)c1. The molecule has 22 heavy (non-hydrogen) atoms. The fourth-order valence-electron chi connectivity index (χ4n) is 2.22. The lowest BCUT2D eigenvalue weighted by Crippen LogP contribution is -2.15. The predicted molar refractivity (Wildman–Crippen MR) is 76.1 cm³/mol. The molecule has 2 aromatic carbocycles. The van der Waals surface area contributed by atoms with E-state index in [1.165, 1.54) is 24.3 Å². The summed E-state index contributed by atoms with van der Waals surface area (Å²) in [7, 11) is 0. The second kappa shape index (κ2) is 6.19. The molecule has 0 aliphatic carbocycles. The maximum atomic E-state index is 13.1. The second-order valence-electron chi connectivity index (χ2n) is 4.87. The number of halogens is 3. The summed E-state index contributed by atoms with van der Waals surface area (Å²) in [6, 6.07) is 10.7. The molecule has 2 rings (SSSR count). The van der Waals surface area contributed by atoms with Gasteiger partial charge >= 0.3 is 12.1 Å². The number of benzene rings is 2. The van der Waals surface area contributed by atoms with E-state index in [0.717, 1.165) is 6.07 Å². The van der Waals surface area contributed by atoms with Gasteiger partial charge in [-0.2, -0.15) is 13.2 Å². The molecule has 0 saturated carbocycles. The topological polar surface area (TPSA) is 63.3 Å². The van der Waals surface area contributed by atoms with Crippen molar-refractivity contribution in [2.24, 2.45) is 5.73 Å². The number of carbonyl (C=O) groups is 1. The highest BCUT2D eigenvalue weighted by Crippen LogP contribution is 2.37. The van der Waals surface area contributed by atoms with Gasteiger partial charge in [-0.3, -0.25) is 4.79 Å². The lowest BCUT2D eigenvalue weighted by Gasteiger charge is -2.15. The standard InChI is InChI=1S/C16H14F3NO2/c17-16(18,19)13-7-2-1-6-12(13)10-4-3-5-11(8-10)14(20)9-15(21)22/h1-8,14H,9,20H2,(H,21,22). The Balaban J connectivity index is 2.45. The Morgan fingerprint density at radius 3 is 2.45 bits per heavy atom. The molecule has 0 aliphatic heterocycles. The molecule has 1 unspecified atom stereocenters. The fourth-order valence-corrected chi connectivity index (χ4v) is 2.22. The highest BCUT2D eigenvalue weighted by Gasteiger charge is 2.33. The Morgan fingerprint density at radius 1 is 1.14 bits per heavy atom. The van der Waals surface area contributed by atoms with Gasteiger partial charge in [-0.15, -0.1) is 0 Å². The zero-order valence-corrected chi connectivity index (χ0v) is 11.5. The molecule has 1 atom stereocenters. The van der Waals surface area contributed by atoms with Gasteiger partial charge in [0.1, 0.15) is 0 Å². The Hall–Kier alpha value is -2.34. The van der Waals surface area contributed by atoms with E-state index in [4.69, 9.17) is 10.8 Å². The number of nitrogens with two attached hydrogens (primary N) is 1. The molecule has 0 bridgehead atoms. The number of carboxylic acid groups (broad SMARTS) is 1. The quantitative estimate of drug-likeness (QED) is 0.901. The van der Waals surface area contributed by atoms with Gasteiger partial charge in [-0.1, -0.05) is 36.4 Å². The van der Waals surface area contributed by atoms with Crippen LogP contribution in [-0.4, -0.2) is 11.1 Å². The van der Waals surface area contributed by atoms with Crippen molar-refractivity contribution in [3.05, 3.63) is 59.7 Å². The molecule has 2 aromatic rings. The summed E-state index contributed by atoms with van der Waals surface area (Å²) < 4.78 is 39.2. The van der Waals surface area contributed by atoms with Gasteiger partial charge in [-0.05, 0) is 28.8 Å². The number of carboxylic acids is 1. The van der Waals surface area contributed by atoms with Gasteiger partial charge in [0.05, 0.1) is 12.0 Å². The van der Waals surface area contributed by atoms with Crippen molar-refractivity contribution in [2.45, 2.75) is 18.6 Å². The van der Waals surface area contributed by atoms with Crippen molar-refractivity contribution < 1.29 is 23.1 Å². The van der Waals surface area contributed by atoms with Crippen LogP contribution in [-0.2, 0) is 11.0 Å². The van der Waals surface area contributed by atoms with Gasteiger partial charge in [0.2, 0.25) is 0 Å². The molecule has 0 fully saturated rings. The predicted octanol–water partition coefficient (Wildman–Crippen LogP) is 3.85. The molecule has 0 saturated heterocycles. The van der Waals surface area contributed by atoms with Crippen LogP contribution in [0.1, 0.15) is 23.6 Å². The zero-order valence-electron chi connectivity index (χ0n) is 11.5. The highest BCUT2D eigenvalue weighted by molar-refractivity contribution is 5.70. The van der Waals surface area contributed by atoms with Crippen LogP contribution >= 0.6 is 0 Å². The van der Waals surface area contributed by atoms with Gasteiger partial charge in [0, 0.05) is 6.04 Å². The molecule has 0 amide bonds. The van der Waals surface area contributed by atoms with E-state index in [2.05, 4.69) is 0 Å². The third kappa shape index (κ3) is 3.65. The van der Waals surface area contributed by atoms with Crippen molar-refractivity contribution in [3.63, 3.8) is 0 Å². The first-order chi connectivity index (χ1) is 10.3. The van der Waals surface area contributed by atoms with Crippen molar-refractivity contribution in [2.75, 3.05) is 0 Å². The van der Waals surface area contributed by atoms with Crippen LogP contribution in [0.3, 0.4) is 0 Å². The van der Waals surface area contributed by atoms with Gasteiger partial charge in [0.25, 0.3) is 0 Å². The van der Waals surface area contributed by atoms with Crippen molar-refractivity contribution in [1.82, 2.24) is 0 Å². The highest BCUT2D eigenvalue weighted by atomic mass is 19.4. The van der Waals surface area contributed by atoms with Crippen LogP contribution in [0.15, 0.2) is 48.5 Å². The average molecular weight is 309 g/mol. The summed E-state index contributed by atoms with van der Waals surface area (Å²) in [6.07, 6.45) is -4.75. The minimum atomic E-state index is -4.46. The van der Waals surface area contributed by atoms with Gasteiger partial charge in [-0.25, -0.2) is 0 Å². The van der Waals surface area contributed by atoms with Crippen molar-refractivity contribution in [1.29, 1.82) is 0 Å². The lowest BCUT2D eigenvalue weighted by molar-refractivity contribution is -0.138. The minimum Gasteiger partial charge on any atom is -0.481 e. The normalized spacial score (nSPS) is 12.9. The van der Waals surface area contributed by atoms with Crippen molar-refractivity contribution in [3.8, 4) is 11.1 Å². The number of hydrogen-bond acceptors (Lipinski definition) is 2. The monoisotopic (exact) mass is 309 g/mol. The van der Waals surface area contributed by atoms with Crippen LogP contribution < -0.4 is 5.73 Å². The Bertz CT molecular complexity index is 683. The summed E-state index contributed by atoms with van der Waals surface area (Å²) >= 11 is 0. The third-order valence-corrected chi connectivity index (χ3v) is 3.25. The first-order valence-electron chi connectivity index (χ1n) is 6.53. The lowest BCUT2D eigenvalue weighted by atomic mass is 9.95.